The van der Waals surface area contributed by atoms with Crippen LogP contribution in [0.3, 0.4) is 0 Å². The molecule has 0 N–H and O–H groups in total. The fourth-order valence-corrected chi connectivity index (χ4v) is 7.05. The second-order valence-corrected chi connectivity index (χ2v) is 8.98. The van der Waals surface area contributed by atoms with Gasteiger partial charge in [0.2, 0.25) is 10.0 Å². The summed E-state index contributed by atoms with van der Waals surface area (Å²) >= 11 is 7.48. The zero-order chi connectivity index (χ0) is 15.2. The zero-order valence-corrected chi connectivity index (χ0v) is 14.4. The molecule has 0 saturated carbocycles. The molecule has 1 aromatic heterocycles. The summed E-state index contributed by atoms with van der Waals surface area (Å²) in [6.07, 6.45) is 0.914. The molecule has 0 radical (unpaired) electrons. The van der Waals surface area contributed by atoms with Crippen molar-refractivity contribution in [2.24, 2.45) is 5.92 Å². The van der Waals surface area contributed by atoms with Gasteiger partial charge in [0, 0.05) is 27.5 Å². The first kappa shape index (κ1) is 15.3. The fourth-order valence-electron chi connectivity index (χ4n) is 3.16. The van der Waals surface area contributed by atoms with Crippen molar-refractivity contribution in [2.75, 3.05) is 6.54 Å². The molecule has 0 bridgehead atoms. The van der Waals surface area contributed by atoms with Gasteiger partial charge in [0.05, 0.1) is 5.88 Å². The van der Waals surface area contributed by atoms with E-state index in [1.165, 1.54) is 11.3 Å². The summed E-state index contributed by atoms with van der Waals surface area (Å²) in [6, 6.07) is 7.67. The highest BCUT2D eigenvalue weighted by Gasteiger charge is 2.38. The van der Waals surface area contributed by atoms with Crippen molar-refractivity contribution >= 4 is 43.0 Å². The summed E-state index contributed by atoms with van der Waals surface area (Å²) in [6.45, 7) is 4.67. The number of hydrogen-bond acceptors (Lipinski definition) is 3. The molecule has 2 aromatic rings. The Morgan fingerprint density at radius 2 is 2.05 bits per heavy atom. The van der Waals surface area contributed by atoms with Gasteiger partial charge in [-0.15, -0.1) is 22.9 Å². The van der Waals surface area contributed by atoms with Crippen molar-refractivity contribution in [1.29, 1.82) is 0 Å². The maximum Gasteiger partial charge on any atom is 0.245 e. The highest BCUT2D eigenvalue weighted by molar-refractivity contribution is 7.89. The van der Waals surface area contributed by atoms with E-state index >= 15 is 0 Å². The quantitative estimate of drug-likeness (QED) is 0.788. The number of nitrogens with zero attached hydrogens (tertiary/aromatic N) is 1. The Labute approximate surface area is 134 Å². The van der Waals surface area contributed by atoms with Crippen molar-refractivity contribution < 1.29 is 8.42 Å². The van der Waals surface area contributed by atoms with E-state index in [0.29, 0.717) is 17.4 Å². The maximum atomic E-state index is 13.1. The second-order valence-electron chi connectivity index (χ2n) is 5.75. The summed E-state index contributed by atoms with van der Waals surface area (Å²) in [5.41, 5.74) is 0. The van der Waals surface area contributed by atoms with E-state index in [1.54, 1.807) is 4.31 Å². The Morgan fingerprint density at radius 1 is 1.33 bits per heavy atom. The molecule has 3 rings (SSSR count). The number of hydrogen-bond donors (Lipinski definition) is 0. The molecular formula is C15H18ClNO2S2. The van der Waals surface area contributed by atoms with Crippen LogP contribution in [0.2, 0.25) is 0 Å². The van der Waals surface area contributed by atoms with Crippen LogP contribution in [-0.2, 0) is 15.9 Å². The summed E-state index contributed by atoms with van der Waals surface area (Å²) in [5.74, 6) is 0.630. The normalized spacial score (nSPS) is 24.0. The molecule has 6 heteroatoms. The molecule has 0 aliphatic carbocycles. The van der Waals surface area contributed by atoms with E-state index < -0.39 is 10.0 Å². The number of thiophene rings is 1. The lowest BCUT2D eigenvalue weighted by atomic mass is 10.1. The van der Waals surface area contributed by atoms with E-state index in [4.69, 9.17) is 11.6 Å². The van der Waals surface area contributed by atoms with E-state index in [1.807, 2.05) is 31.2 Å². The monoisotopic (exact) mass is 343 g/mol. The van der Waals surface area contributed by atoms with Crippen molar-refractivity contribution in [2.45, 2.75) is 37.1 Å². The third-order valence-electron chi connectivity index (χ3n) is 4.03. The van der Waals surface area contributed by atoms with Crippen LogP contribution in [0.25, 0.3) is 10.1 Å². The predicted molar refractivity (Wildman–Crippen MR) is 88.5 cm³/mol. The average Bonchev–Trinajstić information content (AvgIpc) is 2.98. The van der Waals surface area contributed by atoms with Crippen LogP contribution in [0.5, 0.6) is 0 Å². The van der Waals surface area contributed by atoms with Gasteiger partial charge >= 0.3 is 0 Å². The number of sulfonamides is 1. The lowest BCUT2D eigenvalue weighted by molar-refractivity contribution is 0.406. The summed E-state index contributed by atoms with van der Waals surface area (Å²) in [7, 11) is -3.49. The van der Waals surface area contributed by atoms with Crippen LogP contribution in [0.1, 0.15) is 25.1 Å². The van der Waals surface area contributed by atoms with Gasteiger partial charge < -0.3 is 0 Å². The summed E-state index contributed by atoms with van der Waals surface area (Å²) < 4.78 is 28.9. The van der Waals surface area contributed by atoms with Gasteiger partial charge in [-0.05, 0) is 25.3 Å². The molecule has 1 fully saturated rings. The van der Waals surface area contributed by atoms with Crippen molar-refractivity contribution in [3.05, 3.63) is 29.1 Å². The molecule has 1 aromatic carbocycles. The van der Waals surface area contributed by atoms with Gasteiger partial charge in [0.1, 0.15) is 4.90 Å². The first-order valence-corrected chi connectivity index (χ1v) is 9.82. The molecule has 0 spiro atoms. The Hall–Kier alpha value is -0.620. The van der Waals surface area contributed by atoms with Crippen molar-refractivity contribution in [3.63, 3.8) is 0 Å². The number of benzene rings is 1. The van der Waals surface area contributed by atoms with Crippen LogP contribution >= 0.6 is 22.9 Å². The highest BCUT2D eigenvalue weighted by Crippen LogP contribution is 2.39. The minimum atomic E-state index is -3.49. The van der Waals surface area contributed by atoms with E-state index in [9.17, 15) is 8.42 Å². The first-order chi connectivity index (χ1) is 9.95. The van der Waals surface area contributed by atoms with Gasteiger partial charge in [0.25, 0.3) is 0 Å². The smallest absolute Gasteiger partial charge is 0.207 e. The van der Waals surface area contributed by atoms with Crippen LogP contribution in [0.4, 0.5) is 0 Å². The first-order valence-electron chi connectivity index (χ1n) is 7.03. The molecule has 2 unspecified atom stereocenters. The molecular weight excluding hydrogens is 326 g/mol. The predicted octanol–water partition coefficient (Wildman–Crippen LogP) is 4.06. The molecule has 1 aliphatic heterocycles. The number of halogens is 1. The van der Waals surface area contributed by atoms with E-state index in [2.05, 4.69) is 6.92 Å². The standard InChI is InChI=1S/C15H18ClNO2S2/c1-10-7-11(2)17(9-10)21(18,19)15-12-5-3-4-6-13(12)20-14(15)8-16/h3-6,10-11H,7-9H2,1-2H3. The third-order valence-corrected chi connectivity index (χ3v) is 7.87. The van der Waals surface area contributed by atoms with Crippen LogP contribution < -0.4 is 0 Å². The van der Waals surface area contributed by atoms with Crippen molar-refractivity contribution in [3.8, 4) is 0 Å². The molecule has 3 nitrogen and oxygen atoms in total. The molecule has 1 aliphatic rings. The molecule has 114 valence electrons. The topological polar surface area (TPSA) is 37.4 Å². The Balaban J connectivity index is 2.19. The van der Waals surface area contributed by atoms with Gasteiger partial charge in [-0.1, -0.05) is 25.1 Å². The Kier molecular flexibility index (Phi) is 4.03. The molecule has 2 heterocycles. The Morgan fingerprint density at radius 3 is 2.67 bits per heavy atom. The highest BCUT2D eigenvalue weighted by atomic mass is 35.5. The van der Waals surface area contributed by atoms with Crippen LogP contribution in [0.15, 0.2) is 29.2 Å². The number of fused-ring (bicyclic) bond motifs is 1. The van der Waals surface area contributed by atoms with Gasteiger partial charge in [-0.2, -0.15) is 4.31 Å². The van der Waals surface area contributed by atoms with Gasteiger partial charge in [-0.3, -0.25) is 0 Å². The second kappa shape index (κ2) is 5.54. The number of alkyl halides is 1. The largest absolute Gasteiger partial charge is 0.245 e. The van der Waals surface area contributed by atoms with Gasteiger partial charge in [0.15, 0.2) is 0 Å². The van der Waals surface area contributed by atoms with Crippen LogP contribution in [-0.4, -0.2) is 25.3 Å². The lowest BCUT2D eigenvalue weighted by Crippen LogP contribution is -2.34. The number of rotatable bonds is 3. The zero-order valence-electron chi connectivity index (χ0n) is 12.0. The molecule has 0 amide bonds. The average molecular weight is 344 g/mol. The third kappa shape index (κ3) is 2.50. The maximum absolute atomic E-state index is 13.1. The van der Waals surface area contributed by atoms with Crippen LogP contribution in [0, 0.1) is 5.92 Å². The van der Waals surface area contributed by atoms with Crippen molar-refractivity contribution in [1.82, 2.24) is 4.31 Å². The SMILES string of the molecule is CC1CC(C)N(S(=O)(=O)c2c(CCl)sc3ccccc23)C1. The summed E-state index contributed by atoms with van der Waals surface area (Å²) in [5, 5.41) is 0.796. The minimum absolute atomic E-state index is 0.0480. The molecule has 21 heavy (non-hydrogen) atoms. The van der Waals surface area contributed by atoms with E-state index in [-0.39, 0.29) is 11.9 Å². The molecule has 2 atom stereocenters. The lowest BCUT2D eigenvalue weighted by Gasteiger charge is -2.21. The van der Waals surface area contributed by atoms with Gasteiger partial charge in [-0.25, -0.2) is 8.42 Å². The Bertz CT molecular complexity index is 769. The van der Waals surface area contributed by atoms with E-state index in [0.717, 1.165) is 21.4 Å². The minimum Gasteiger partial charge on any atom is -0.207 e. The summed E-state index contributed by atoms with van der Waals surface area (Å²) in [4.78, 5) is 1.16. The molecule has 1 saturated heterocycles. The fraction of sp³-hybridized carbons (Fsp3) is 0.467.